The molecule has 0 bridgehead atoms. The van der Waals surface area contributed by atoms with Crippen molar-refractivity contribution >= 4 is 0 Å². The number of hydrogen-bond donors (Lipinski definition) is 1. The fraction of sp³-hybridized carbons (Fsp3) is 1.00. The minimum absolute atomic E-state index is 0.184. The lowest BCUT2D eigenvalue weighted by atomic mass is 10.0. The van der Waals surface area contributed by atoms with Gasteiger partial charge in [0, 0.05) is 19.1 Å². The number of likely N-dealkylation sites (tertiary alicyclic amines) is 1. The minimum Gasteiger partial charge on any atom is -0.391 e. The molecule has 2 heterocycles. The molecule has 2 aliphatic rings. The summed E-state index contributed by atoms with van der Waals surface area (Å²) in [5.41, 5.74) is 0. The molecule has 3 atom stereocenters. The van der Waals surface area contributed by atoms with Crippen LogP contribution in [0.1, 0.15) is 32.6 Å². The summed E-state index contributed by atoms with van der Waals surface area (Å²) in [6, 6.07) is 0. The van der Waals surface area contributed by atoms with Crippen molar-refractivity contribution in [2.24, 2.45) is 11.8 Å². The first-order chi connectivity index (χ1) is 7.75. The molecule has 3 unspecified atom stereocenters. The van der Waals surface area contributed by atoms with Crippen LogP contribution in [0.2, 0.25) is 0 Å². The van der Waals surface area contributed by atoms with Gasteiger partial charge in [-0.05, 0) is 44.7 Å². The number of aliphatic hydroxyl groups excluding tert-OH is 1. The summed E-state index contributed by atoms with van der Waals surface area (Å²) in [7, 11) is 0. The van der Waals surface area contributed by atoms with Gasteiger partial charge in [-0.15, -0.1) is 0 Å². The molecule has 2 aliphatic heterocycles. The zero-order valence-electron chi connectivity index (χ0n) is 10.4. The molecule has 2 rings (SSSR count). The molecule has 0 spiro atoms. The number of β-amino-alcohol motifs (C(OH)–C–C–N with tert-alkyl or cyclic N) is 1. The second-order valence-corrected chi connectivity index (χ2v) is 5.53. The Balaban J connectivity index is 1.74. The molecule has 16 heavy (non-hydrogen) atoms. The second-order valence-electron chi connectivity index (χ2n) is 5.53. The highest BCUT2D eigenvalue weighted by Crippen LogP contribution is 2.20. The number of hydrogen-bond acceptors (Lipinski definition) is 3. The molecule has 0 saturated carbocycles. The van der Waals surface area contributed by atoms with Gasteiger partial charge in [-0.2, -0.15) is 0 Å². The summed E-state index contributed by atoms with van der Waals surface area (Å²) in [5.74, 6) is 1.23. The summed E-state index contributed by atoms with van der Waals surface area (Å²) >= 11 is 0. The van der Waals surface area contributed by atoms with Gasteiger partial charge in [0.15, 0.2) is 0 Å². The van der Waals surface area contributed by atoms with E-state index in [1.807, 2.05) is 0 Å². The molecule has 2 saturated heterocycles. The standard InChI is InChI=1S/C13H25NO2/c1-11-3-2-6-14(7-4-11)9-13(15)12-5-8-16-10-12/h11-13,15H,2-10H2,1H3. The fourth-order valence-electron chi connectivity index (χ4n) is 2.77. The Bertz CT molecular complexity index is 204. The lowest BCUT2D eigenvalue weighted by molar-refractivity contribution is 0.0566. The van der Waals surface area contributed by atoms with Crippen molar-refractivity contribution in [1.29, 1.82) is 0 Å². The number of nitrogens with zero attached hydrogens (tertiary/aromatic N) is 1. The summed E-state index contributed by atoms with van der Waals surface area (Å²) < 4.78 is 5.33. The maximum Gasteiger partial charge on any atom is 0.0718 e. The highest BCUT2D eigenvalue weighted by Gasteiger charge is 2.26. The first kappa shape index (κ1) is 12.3. The highest BCUT2D eigenvalue weighted by atomic mass is 16.5. The van der Waals surface area contributed by atoms with Crippen LogP contribution in [-0.4, -0.2) is 49.0 Å². The normalized spacial score (nSPS) is 34.9. The van der Waals surface area contributed by atoms with Gasteiger partial charge in [0.25, 0.3) is 0 Å². The van der Waals surface area contributed by atoms with Crippen molar-refractivity contribution in [3.05, 3.63) is 0 Å². The van der Waals surface area contributed by atoms with Crippen LogP contribution in [0.3, 0.4) is 0 Å². The molecule has 1 N–H and O–H groups in total. The van der Waals surface area contributed by atoms with Gasteiger partial charge in [0.2, 0.25) is 0 Å². The van der Waals surface area contributed by atoms with E-state index in [0.29, 0.717) is 5.92 Å². The van der Waals surface area contributed by atoms with Crippen LogP contribution in [0.5, 0.6) is 0 Å². The van der Waals surface area contributed by atoms with E-state index >= 15 is 0 Å². The lowest BCUT2D eigenvalue weighted by Gasteiger charge is -2.25. The first-order valence-corrected chi connectivity index (χ1v) is 6.74. The minimum atomic E-state index is -0.184. The van der Waals surface area contributed by atoms with Crippen molar-refractivity contribution < 1.29 is 9.84 Å². The van der Waals surface area contributed by atoms with Crippen LogP contribution in [0.25, 0.3) is 0 Å². The Morgan fingerprint density at radius 3 is 2.94 bits per heavy atom. The quantitative estimate of drug-likeness (QED) is 0.793. The van der Waals surface area contributed by atoms with E-state index in [-0.39, 0.29) is 6.10 Å². The van der Waals surface area contributed by atoms with Gasteiger partial charge in [-0.1, -0.05) is 6.92 Å². The molecular formula is C13H25NO2. The fourth-order valence-corrected chi connectivity index (χ4v) is 2.77. The van der Waals surface area contributed by atoms with Gasteiger partial charge >= 0.3 is 0 Å². The summed E-state index contributed by atoms with van der Waals surface area (Å²) in [5, 5.41) is 10.1. The van der Waals surface area contributed by atoms with E-state index in [9.17, 15) is 5.11 Å². The van der Waals surface area contributed by atoms with Gasteiger partial charge in [0.05, 0.1) is 12.7 Å². The van der Waals surface area contributed by atoms with Gasteiger partial charge in [-0.3, -0.25) is 0 Å². The monoisotopic (exact) mass is 227 g/mol. The predicted octanol–water partition coefficient (Wildman–Crippen LogP) is 1.51. The molecule has 0 amide bonds. The molecular weight excluding hydrogens is 202 g/mol. The van der Waals surface area contributed by atoms with E-state index in [1.54, 1.807) is 0 Å². The molecule has 94 valence electrons. The van der Waals surface area contributed by atoms with Crippen LogP contribution < -0.4 is 0 Å². The van der Waals surface area contributed by atoms with Crippen LogP contribution in [-0.2, 0) is 4.74 Å². The smallest absolute Gasteiger partial charge is 0.0718 e. The van der Waals surface area contributed by atoms with Crippen molar-refractivity contribution in [3.8, 4) is 0 Å². The summed E-state index contributed by atoms with van der Waals surface area (Å²) in [6.07, 6.45) is 4.77. The number of aliphatic hydroxyl groups is 1. The molecule has 3 heteroatoms. The van der Waals surface area contributed by atoms with Gasteiger partial charge < -0.3 is 14.7 Å². The molecule has 0 radical (unpaired) electrons. The second kappa shape index (κ2) is 5.99. The maximum absolute atomic E-state index is 10.1. The predicted molar refractivity (Wildman–Crippen MR) is 64.4 cm³/mol. The molecule has 0 aromatic rings. The number of ether oxygens (including phenoxy) is 1. The summed E-state index contributed by atoms with van der Waals surface area (Å²) in [6.45, 7) is 7.09. The van der Waals surface area contributed by atoms with E-state index in [4.69, 9.17) is 4.74 Å². The molecule has 3 nitrogen and oxygen atoms in total. The van der Waals surface area contributed by atoms with Crippen LogP contribution in [0, 0.1) is 11.8 Å². The van der Waals surface area contributed by atoms with Crippen LogP contribution in [0.4, 0.5) is 0 Å². The third-order valence-electron chi connectivity index (χ3n) is 4.06. The SMILES string of the molecule is CC1CCCN(CC(O)C2CCOC2)CC1. The summed E-state index contributed by atoms with van der Waals surface area (Å²) in [4.78, 5) is 2.44. The van der Waals surface area contributed by atoms with Crippen LogP contribution >= 0.6 is 0 Å². The Kier molecular flexibility index (Phi) is 4.62. The van der Waals surface area contributed by atoms with E-state index < -0.39 is 0 Å². The molecule has 0 aromatic carbocycles. The van der Waals surface area contributed by atoms with Gasteiger partial charge in [0.1, 0.15) is 0 Å². The average Bonchev–Trinajstić information content (AvgIpc) is 2.72. The topological polar surface area (TPSA) is 32.7 Å². The Morgan fingerprint density at radius 2 is 2.19 bits per heavy atom. The lowest BCUT2D eigenvalue weighted by Crippen LogP contribution is -2.37. The van der Waals surface area contributed by atoms with Crippen LogP contribution in [0.15, 0.2) is 0 Å². The first-order valence-electron chi connectivity index (χ1n) is 6.74. The Labute approximate surface area is 98.8 Å². The van der Waals surface area contributed by atoms with Crippen molar-refractivity contribution in [2.45, 2.75) is 38.7 Å². The van der Waals surface area contributed by atoms with Crippen molar-refractivity contribution in [1.82, 2.24) is 4.90 Å². The van der Waals surface area contributed by atoms with Crippen molar-refractivity contribution in [2.75, 3.05) is 32.8 Å². The molecule has 0 aromatic heterocycles. The Hall–Kier alpha value is -0.120. The third kappa shape index (κ3) is 3.44. The van der Waals surface area contributed by atoms with E-state index in [1.165, 1.54) is 19.3 Å². The largest absolute Gasteiger partial charge is 0.391 e. The average molecular weight is 227 g/mol. The Morgan fingerprint density at radius 1 is 1.31 bits per heavy atom. The maximum atomic E-state index is 10.1. The molecule has 2 fully saturated rings. The molecule has 0 aliphatic carbocycles. The zero-order chi connectivity index (χ0) is 11.4. The van der Waals surface area contributed by atoms with E-state index in [2.05, 4.69) is 11.8 Å². The number of rotatable bonds is 3. The zero-order valence-corrected chi connectivity index (χ0v) is 10.4. The third-order valence-corrected chi connectivity index (χ3v) is 4.06. The van der Waals surface area contributed by atoms with E-state index in [0.717, 1.165) is 45.2 Å². The van der Waals surface area contributed by atoms with Crippen molar-refractivity contribution in [3.63, 3.8) is 0 Å². The highest BCUT2D eigenvalue weighted by molar-refractivity contribution is 4.77. The van der Waals surface area contributed by atoms with Gasteiger partial charge in [-0.25, -0.2) is 0 Å².